The van der Waals surface area contributed by atoms with Crippen molar-refractivity contribution in [3.63, 3.8) is 0 Å². The Labute approximate surface area is 85.3 Å². The van der Waals surface area contributed by atoms with Gasteiger partial charge in [0.1, 0.15) is 11.5 Å². The van der Waals surface area contributed by atoms with Gasteiger partial charge in [0, 0.05) is 6.20 Å². The molecular formula is C8H8ClN5. The number of nitrogens with two attached hydrogens (primary N) is 1. The highest BCUT2D eigenvalue weighted by atomic mass is 35.5. The van der Waals surface area contributed by atoms with Crippen molar-refractivity contribution < 1.29 is 0 Å². The van der Waals surface area contributed by atoms with Crippen LogP contribution in [0.25, 0.3) is 11.5 Å². The first-order valence-corrected chi connectivity index (χ1v) is 4.40. The number of aromatic amines is 1. The van der Waals surface area contributed by atoms with Gasteiger partial charge in [0.15, 0.2) is 5.82 Å². The number of H-pyrrole nitrogens is 1. The van der Waals surface area contributed by atoms with Crippen LogP contribution >= 0.6 is 11.6 Å². The molecule has 0 saturated carbocycles. The van der Waals surface area contributed by atoms with Gasteiger partial charge in [-0.2, -0.15) is 5.10 Å². The highest BCUT2D eigenvalue weighted by Crippen LogP contribution is 2.13. The van der Waals surface area contributed by atoms with Crippen molar-refractivity contribution in [1.29, 1.82) is 0 Å². The van der Waals surface area contributed by atoms with Crippen molar-refractivity contribution in [2.45, 2.75) is 6.54 Å². The van der Waals surface area contributed by atoms with Gasteiger partial charge in [0.05, 0.1) is 11.6 Å². The fourth-order valence-electron chi connectivity index (χ4n) is 1.01. The number of hydrogen-bond acceptors (Lipinski definition) is 4. The lowest BCUT2D eigenvalue weighted by Crippen LogP contribution is -1.98. The van der Waals surface area contributed by atoms with E-state index >= 15 is 0 Å². The molecule has 0 amide bonds. The van der Waals surface area contributed by atoms with Crippen molar-refractivity contribution in [3.8, 4) is 11.5 Å². The van der Waals surface area contributed by atoms with Gasteiger partial charge in [-0.3, -0.25) is 10.1 Å². The Morgan fingerprint density at radius 2 is 2.29 bits per heavy atom. The summed E-state index contributed by atoms with van der Waals surface area (Å²) in [5, 5.41) is 7.26. The molecule has 3 N–H and O–H groups in total. The Bertz CT molecular complexity index is 422. The van der Waals surface area contributed by atoms with Crippen molar-refractivity contribution in [2.24, 2.45) is 5.73 Å². The maximum atomic E-state index is 5.70. The van der Waals surface area contributed by atoms with E-state index in [-0.39, 0.29) is 0 Å². The van der Waals surface area contributed by atoms with Gasteiger partial charge in [0.25, 0.3) is 0 Å². The zero-order chi connectivity index (χ0) is 9.97. The van der Waals surface area contributed by atoms with Crippen LogP contribution in [0.3, 0.4) is 0 Å². The first kappa shape index (κ1) is 9.11. The number of halogens is 1. The minimum absolute atomic E-state index is 0.334. The van der Waals surface area contributed by atoms with E-state index in [4.69, 9.17) is 17.3 Å². The summed E-state index contributed by atoms with van der Waals surface area (Å²) in [6.07, 6.45) is 1.55. The molecule has 0 aromatic carbocycles. The molecule has 0 aliphatic rings. The third kappa shape index (κ3) is 1.73. The predicted molar refractivity (Wildman–Crippen MR) is 52.5 cm³/mol. The minimum atomic E-state index is 0.334. The van der Waals surface area contributed by atoms with Gasteiger partial charge < -0.3 is 5.73 Å². The summed E-state index contributed by atoms with van der Waals surface area (Å²) < 4.78 is 0. The predicted octanol–water partition coefficient (Wildman–Crippen LogP) is 0.979. The summed E-state index contributed by atoms with van der Waals surface area (Å²) in [5.74, 6) is 1.17. The van der Waals surface area contributed by atoms with Gasteiger partial charge in [-0.15, -0.1) is 0 Å². The third-order valence-electron chi connectivity index (χ3n) is 1.68. The van der Waals surface area contributed by atoms with Gasteiger partial charge >= 0.3 is 0 Å². The Morgan fingerprint density at radius 1 is 1.43 bits per heavy atom. The summed E-state index contributed by atoms with van der Waals surface area (Å²) in [7, 11) is 0. The summed E-state index contributed by atoms with van der Waals surface area (Å²) in [4.78, 5) is 8.21. The molecule has 5 nitrogen and oxygen atoms in total. The van der Waals surface area contributed by atoms with E-state index in [9.17, 15) is 0 Å². The number of nitrogens with one attached hydrogen (secondary N) is 1. The maximum absolute atomic E-state index is 5.70. The molecule has 0 unspecified atom stereocenters. The fourth-order valence-corrected chi connectivity index (χ4v) is 1.12. The summed E-state index contributed by atoms with van der Waals surface area (Å²) in [5.41, 5.74) is 6.06. The summed E-state index contributed by atoms with van der Waals surface area (Å²) in [6.45, 7) is 0.334. The monoisotopic (exact) mass is 209 g/mol. The van der Waals surface area contributed by atoms with E-state index in [1.807, 2.05) is 0 Å². The smallest absolute Gasteiger partial charge is 0.199 e. The molecule has 6 heteroatoms. The average Bonchev–Trinajstić information content (AvgIpc) is 2.67. The van der Waals surface area contributed by atoms with Gasteiger partial charge in [-0.05, 0) is 12.1 Å². The Balaban J connectivity index is 2.34. The minimum Gasteiger partial charge on any atom is -0.324 e. The SMILES string of the molecule is NCc1nc(-c2ccc(Cl)cn2)n[nH]1. The zero-order valence-electron chi connectivity index (χ0n) is 7.24. The van der Waals surface area contributed by atoms with Crippen LogP contribution in [0.15, 0.2) is 18.3 Å². The molecule has 0 saturated heterocycles. The van der Waals surface area contributed by atoms with Crippen LogP contribution in [0.4, 0.5) is 0 Å². The lowest BCUT2D eigenvalue weighted by atomic mass is 10.3. The Hall–Kier alpha value is -1.46. The van der Waals surface area contributed by atoms with Crippen molar-refractivity contribution in [1.82, 2.24) is 20.2 Å². The molecule has 0 bridgehead atoms. The molecular weight excluding hydrogens is 202 g/mol. The van der Waals surface area contributed by atoms with E-state index in [2.05, 4.69) is 20.2 Å². The summed E-state index contributed by atoms with van der Waals surface area (Å²) >= 11 is 5.70. The van der Waals surface area contributed by atoms with E-state index in [1.54, 1.807) is 18.3 Å². The normalized spacial score (nSPS) is 10.4. The zero-order valence-corrected chi connectivity index (χ0v) is 7.99. The molecule has 0 aliphatic carbocycles. The van der Waals surface area contributed by atoms with E-state index in [1.165, 1.54) is 0 Å². The number of nitrogens with zero attached hydrogens (tertiary/aromatic N) is 3. The second kappa shape index (κ2) is 3.73. The van der Waals surface area contributed by atoms with Crippen LogP contribution in [-0.2, 0) is 6.54 Å². The molecule has 0 aliphatic heterocycles. The molecule has 2 heterocycles. The standard InChI is InChI=1S/C8H8ClN5/c9-5-1-2-6(11-4-5)8-12-7(3-10)13-14-8/h1-2,4H,3,10H2,(H,12,13,14). The van der Waals surface area contributed by atoms with Gasteiger partial charge in [-0.25, -0.2) is 4.98 Å². The highest BCUT2D eigenvalue weighted by Gasteiger charge is 2.05. The molecule has 0 fully saturated rings. The summed E-state index contributed by atoms with van der Waals surface area (Å²) in [6, 6.07) is 3.49. The molecule has 2 rings (SSSR count). The largest absolute Gasteiger partial charge is 0.324 e. The van der Waals surface area contributed by atoms with Crippen LogP contribution in [0.2, 0.25) is 5.02 Å². The first-order valence-electron chi connectivity index (χ1n) is 4.03. The molecule has 0 radical (unpaired) electrons. The molecule has 0 spiro atoms. The van der Waals surface area contributed by atoms with E-state index in [0.29, 0.717) is 28.9 Å². The van der Waals surface area contributed by atoms with Gasteiger partial charge in [0.2, 0.25) is 0 Å². The number of pyridine rings is 1. The average molecular weight is 210 g/mol. The van der Waals surface area contributed by atoms with Crippen molar-refractivity contribution in [3.05, 3.63) is 29.2 Å². The molecule has 72 valence electrons. The van der Waals surface area contributed by atoms with Crippen LogP contribution in [0, 0.1) is 0 Å². The lowest BCUT2D eigenvalue weighted by Gasteiger charge is -1.92. The number of aromatic nitrogens is 4. The maximum Gasteiger partial charge on any atom is 0.199 e. The Kier molecular flexibility index (Phi) is 2.43. The second-order valence-electron chi connectivity index (χ2n) is 2.67. The molecule has 0 atom stereocenters. The number of hydrogen-bond donors (Lipinski definition) is 2. The van der Waals surface area contributed by atoms with Crippen LogP contribution in [-0.4, -0.2) is 20.2 Å². The fraction of sp³-hybridized carbons (Fsp3) is 0.125. The molecule has 2 aromatic heterocycles. The topological polar surface area (TPSA) is 80.5 Å². The van der Waals surface area contributed by atoms with Crippen molar-refractivity contribution >= 4 is 11.6 Å². The van der Waals surface area contributed by atoms with Crippen LogP contribution in [0.1, 0.15) is 5.82 Å². The van der Waals surface area contributed by atoms with E-state index in [0.717, 1.165) is 0 Å². The van der Waals surface area contributed by atoms with Crippen molar-refractivity contribution in [2.75, 3.05) is 0 Å². The molecule has 2 aromatic rings. The van der Waals surface area contributed by atoms with E-state index < -0.39 is 0 Å². The first-order chi connectivity index (χ1) is 6.79. The number of rotatable bonds is 2. The second-order valence-corrected chi connectivity index (χ2v) is 3.11. The quantitative estimate of drug-likeness (QED) is 0.773. The molecule has 14 heavy (non-hydrogen) atoms. The van der Waals surface area contributed by atoms with Crippen LogP contribution < -0.4 is 5.73 Å². The Morgan fingerprint density at radius 3 is 2.86 bits per heavy atom. The lowest BCUT2D eigenvalue weighted by molar-refractivity contribution is 0.917. The highest BCUT2D eigenvalue weighted by molar-refractivity contribution is 6.30. The third-order valence-corrected chi connectivity index (χ3v) is 1.91. The van der Waals surface area contributed by atoms with Crippen LogP contribution in [0.5, 0.6) is 0 Å². The van der Waals surface area contributed by atoms with Gasteiger partial charge in [-0.1, -0.05) is 11.6 Å².